The van der Waals surface area contributed by atoms with Crippen LogP contribution in [0.5, 0.6) is 0 Å². The molecule has 90 heavy (non-hydrogen) atoms. The van der Waals surface area contributed by atoms with E-state index in [9.17, 15) is 34.4 Å². The van der Waals surface area contributed by atoms with Crippen LogP contribution >= 0.6 is 0 Å². The summed E-state index contributed by atoms with van der Waals surface area (Å²) in [6.45, 7) is 6.14. The Labute approximate surface area is 518 Å². The lowest BCUT2D eigenvalue weighted by Crippen LogP contribution is -2.52. The van der Waals surface area contributed by atoms with Crippen LogP contribution in [-0.2, 0) is 43.2 Å². The molecule has 8 aromatic heterocycles. The normalized spacial score (nSPS) is 18.5. The Kier molecular flexibility index (Phi) is 15.6. The zero-order valence-corrected chi connectivity index (χ0v) is 52.9. The van der Waals surface area contributed by atoms with E-state index < -0.39 is 43.6 Å². The van der Waals surface area contributed by atoms with Gasteiger partial charge in [-0.05, 0) is 74.6 Å². The highest BCUT2D eigenvalue weighted by atomic mass is 32.2. The number of benzene rings is 2. The van der Waals surface area contributed by atoms with Gasteiger partial charge in [0.25, 0.3) is 0 Å². The van der Waals surface area contributed by atoms with Crippen LogP contribution in [0.15, 0.2) is 107 Å². The Bertz CT molecular complexity index is 4270. The van der Waals surface area contributed by atoms with Gasteiger partial charge in [0.05, 0.1) is 103 Å². The third-order valence-electron chi connectivity index (χ3n) is 18.8. The first-order valence-corrected chi connectivity index (χ1v) is 33.9. The van der Waals surface area contributed by atoms with Crippen molar-refractivity contribution in [1.82, 2.24) is 59.1 Å². The van der Waals surface area contributed by atoms with Gasteiger partial charge in [0.1, 0.15) is 21.4 Å². The molecule has 0 radical (unpaired) electrons. The summed E-state index contributed by atoms with van der Waals surface area (Å²) in [5.41, 5.74) is 9.89. The number of methoxy groups -OCH3 is 2. The molecule has 2 aliphatic carbocycles. The van der Waals surface area contributed by atoms with Crippen LogP contribution in [0.25, 0.3) is 66.4 Å². The van der Waals surface area contributed by atoms with Crippen molar-refractivity contribution in [2.24, 2.45) is 25.9 Å². The standard InChI is InChI=1S/2C32H35F2N7O3S/c2*1-19-28(39(2)38-37-19)22-14-24-27(35-15-22)26-30(25(45(4,42)43)16-36-31(26)40-17-23(18-40)44-3)41(24)29(20-8-6-5-7-9-20)21-10-12-32(33,34)13-11-21/h2*5-9,14-16,21,23,29H,10-13,17-18H2,1-4H3. The number of aryl methyl sites for hydroxylation is 4. The lowest BCUT2D eigenvalue weighted by Gasteiger charge is -2.39. The van der Waals surface area contributed by atoms with Gasteiger partial charge < -0.3 is 28.4 Å². The minimum Gasteiger partial charge on any atom is -0.378 e. The summed E-state index contributed by atoms with van der Waals surface area (Å²) in [6, 6.07) is 22.6. The fourth-order valence-corrected chi connectivity index (χ4v) is 15.8. The van der Waals surface area contributed by atoms with E-state index in [1.54, 1.807) is 36.0 Å². The van der Waals surface area contributed by atoms with Gasteiger partial charge >= 0.3 is 0 Å². The van der Waals surface area contributed by atoms with E-state index in [4.69, 9.17) is 29.4 Å². The maximum absolute atomic E-state index is 14.5. The van der Waals surface area contributed by atoms with Crippen LogP contribution < -0.4 is 9.80 Å². The Morgan fingerprint density at radius 2 is 0.889 bits per heavy atom. The maximum atomic E-state index is 14.5. The van der Waals surface area contributed by atoms with E-state index in [-0.39, 0.29) is 59.5 Å². The number of fused-ring (bicyclic) bond motifs is 6. The van der Waals surface area contributed by atoms with Crippen molar-refractivity contribution >= 4 is 75.2 Å². The first-order chi connectivity index (χ1) is 42.9. The highest BCUT2D eigenvalue weighted by Crippen LogP contribution is 2.51. The van der Waals surface area contributed by atoms with Crippen LogP contribution in [0.4, 0.5) is 29.2 Å². The number of rotatable bonds is 14. The van der Waals surface area contributed by atoms with Crippen molar-refractivity contribution in [2.75, 3.05) is 62.7 Å². The molecule has 10 aromatic rings. The van der Waals surface area contributed by atoms with Gasteiger partial charge in [-0.15, -0.1) is 10.2 Å². The molecule has 26 heteroatoms. The minimum absolute atomic E-state index is 0.0330. The van der Waals surface area contributed by atoms with Crippen molar-refractivity contribution in [3.63, 3.8) is 0 Å². The van der Waals surface area contributed by atoms with Crippen molar-refractivity contribution in [1.29, 1.82) is 0 Å². The lowest BCUT2D eigenvalue weighted by molar-refractivity contribution is -0.0498. The number of alkyl halides is 4. The summed E-state index contributed by atoms with van der Waals surface area (Å²) in [6.07, 6.45) is 9.05. The molecule has 14 rings (SSSR count). The van der Waals surface area contributed by atoms with E-state index in [0.29, 0.717) is 107 Å². The van der Waals surface area contributed by atoms with Gasteiger partial charge in [-0.3, -0.25) is 9.97 Å². The average Bonchev–Trinajstić information content (AvgIpc) is 1.55. The van der Waals surface area contributed by atoms with Crippen LogP contribution in [0.3, 0.4) is 0 Å². The molecule has 2 unspecified atom stereocenters. The van der Waals surface area contributed by atoms with E-state index in [1.807, 2.05) is 110 Å². The molecule has 2 aliphatic heterocycles. The number of halogens is 4. The second kappa shape index (κ2) is 23.1. The second-order valence-electron chi connectivity index (χ2n) is 24.7. The highest BCUT2D eigenvalue weighted by Gasteiger charge is 2.44. The Balaban J connectivity index is 0.000000165. The molecule has 2 aromatic carbocycles. The van der Waals surface area contributed by atoms with E-state index >= 15 is 0 Å². The number of pyridine rings is 4. The molecule has 0 amide bonds. The van der Waals surface area contributed by atoms with Crippen molar-refractivity contribution in [2.45, 2.75) is 111 Å². The molecule has 0 N–H and O–H groups in total. The first kappa shape index (κ1) is 60.9. The molecular formula is C64H70F4N14O6S2. The number of ether oxygens (including phenoxy) is 2. The highest BCUT2D eigenvalue weighted by molar-refractivity contribution is 7.91. The smallest absolute Gasteiger partial charge is 0.248 e. The Morgan fingerprint density at radius 3 is 1.20 bits per heavy atom. The zero-order chi connectivity index (χ0) is 63.3. The summed E-state index contributed by atoms with van der Waals surface area (Å²) >= 11 is 0. The number of hydrogen-bond acceptors (Lipinski definition) is 16. The van der Waals surface area contributed by atoms with E-state index in [1.165, 1.54) is 24.9 Å². The molecular weight excluding hydrogens is 1200 g/mol. The summed E-state index contributed by atoms with van der Waals surface area (Å²) in [5.74, 6) is -4.56. The molecule has 0 spiro atoms. The summed E-state index contributed by atoms with van der Waals surface area (Å²) in [5, 5.41) is 18.0. The van der Waals surface area contributed by atoms with Crippen LogP contribution in [-0.4, -0.2) is 153 Å². The van der Waals surface area contributed by atoms with Crippen molar-refractivity contribution < 1.29 is 43.9 Å². The van der Waals surface area contributed by atoms with Crippen molar-refractivity contribution in [3.8, 4) is 22.5 Å². The topological polar surface area (TPSA) is 216 Å². The van der Waals surface area contributed by atoms with Gasteiger partial charge in [0.2, 0.25) is 11.8 Å². The Hall–Kier alpha value is -7.94. The molecule has 10 heterocycles. The van der Waals surface area contributed by atoms with Gasteiger partial charge in [-0.2, -0.15) is 0 Å². The number of aromatic nitrogens is 12. The fourth-order valence-electron chi connectivity index (χ4n) is 14.2. The maximum Gasteiger partial charge on any atom is 0.248 e. The molecule has 2 saturated heterocycles. The largest absolute Gasteiger partial charge is 0.378 e. The minimum atomic E-state index is -3.78. The van der Waals surface area contributed by atoms with Crippen LogP contribution in [0.2, 0.25) is 0 Å². The van der Waals surface area contributed by atoms with Gasteiger partial charge in [-0.1, -0.05) is 71.1 Å². The first-order valence-electron chi connectivity index (χ1n) is 30.1. The summed E-state index contributed by atoms with van der Waals surface area (Å²) in [4.78, 5) is 23.6. The van der Waals surface area contributed by atoms with Crippen molar-refractivity contribution in [3.05, 3.63) is 120 Å². The molecule has 2 atom stereocenters. The number of hydrogen-bond donors (Lipinski definition) is 0. The quantitative estimate of drug-likeness (QED) is 0.0925. The van der Waals surface area contributed by atoms with E-state index in [2.05, 4.69) is 30.4 Å². The second-order valence-corrected chi connectivity index (χ2v) is 28.7. The number of nitrogens with zero attached hydrogens (tertiary/aromatic N) is 14. The van der Waals surface area contributed by atoms with Gasteiger partial charge in [0.15, 0.2) is 19.7 Å². The average molecular weight is 1270 g/mol. The molecule has 20 nitrogen and oxygen atoms in total. The van der Waals surface area contributed by atoms with Gasteiger partial charge in [-0.25, -0.2) is 53.7 Å². The predicted molar refractivity (Wildman–Crippen MR) is 335 cm³/mol. The monoisotopic (exact) mass is 1270 g/mol. The van der Waals surface area contributed by atoms with Gasteiger partial charge in [0, 0.05) is 116 Å². The fraction of sp³-hybridized carbons (Fsp3) is 0.438. The summed E-state index contributed by atoms with van der Waals surface area (Å²) < 4.78 is 130. The zero-order valence-electron chi connectivity index (χ0n) is 51.2. The van der Waals surface area contributed by atoms with Crippen LogP contribution in [0.1, 0.15) is 86.0 Å². The molecule has 472 valence electrons. The third-order valence-corrected chi connectivity index (χ3v) is 21.0. The Morgan fingerprint density at radius 1 is 0.533 bits per heavy atom. The predicted octanol–water partition coefficient (Wildman–Crippen LogP) is 10.7. The summed E-state index contributed by atoms with van der Waals surface area (Å²) in [7, 11) is -0.600. The van der Waals surface area contributed by atoms with Crippen LogP contribution in [0, 0.1) is 25.7 Å². The lowest BCUT2D eigenvalue weighted by atomic mass is 9.79. The van der Waals surface area contributed by atoms with E-state index in [0.717, 1.165) is 45.0 Å². The molecule has 4 aliphatic rings. The number of anilines is 2. The molecule has 2 saturated carbocycles. The SMILES string of the molecule is COC1CN(c2ncc(S(C)(=O)=O)c3c2c2ncc(-c4c(C)nnn4C)cc2n3C(c2ccccc2)C2CCC(F)(F)CC2)C1.COC1CN(c2ncc(S(C)(=O)=O)c3c2c2ncc(-c4c(C)nnn4C)cc2n3C(c2ccccc2)C2CCC(F)(F)CC2)C1. The third kappa shape index (κ3) is 10.9. The number of sulfone groups is 2. The molecule has 4 fully saturated rings. The molecule has 0 bridgehead atoms.